The van der Waals surface area contributed by atoms with Gasteiger partial charge < -0.3 is 16.0 Å². The molecule has 0 radical (unpaired) electrons. The standard InChI is InChI=1S/C16H19N3/c17-15-5-1-13(2-6-15)14-3-7-16(8-4-14)19-11-9-18-10-12-19/h1-8,18H,9-12,17H2. The van der Waals surface area contributed by atoms with E-state index in [2.05, 4.69) is 46.6 Å². The van der Waals surface area contributed by atoms with Crippen LogP contribution in [0.15, 0.2) is 48.5 Å². The molecule has 3 heteroatoms. The molecule has 1 aliphatic heterocycles. The molecule has 2 aromatic rings. The lowest BCUT2D eigenvalue weighted by molar-refractivity contribution is 0.589. The lowest BCUT2D eigenvalue weighted by atomic mass is 10.0. The van der Waals surface area contributed by atoms with Gasteiger partial charge in [0.25, 0.3) is 0 Å². The number of nitrogen functional groups attached to an aromatic ring is 1. The second kappa shape index (κ2) is 5.33. The van der Waals surface area contributed by atoms with Gasteiger partial charge in [0, 0.05) is 37.6 Å². The van der Waals surface area contributed by atoms with Crippen molar-refractivity contribution in [3.8, 4) is 11.1 Å². The van der Waals surface area contributed by atoms with Gasteiger partial charge in [0.1, 0.15) is 0 Å². The number of nitrogens with one attached hydrogen (secondary N) is 1. The van der Waals surface area contributed by atoms with Crippen LogP contribution in [0.5, 0.6) is 0 Å². The van der Waals surface area contributed by atoms with Crippen molar-refractivity contribution in [2.45, 2.75) is 0 Å². The second-order valence-corrected chi connectivity index (χ2v) is 4.91. The minimum atomic E-state index is 0.807. The van der Waals surface area contributed by atoms with Gasteiger partial charge in [0.05, 0.1) is 0 Å². The third-order valence-corrected chi connectivity index (χ3v) is 3.59. The highest BCUT2D eigenvalue weighted by atomic mass is 15.2. The van der Waals surface area contributed by atoms with Gasteiger partial charge in [-0.2, -0.15) is 0 Å². The average Bonchev–Trinajstić information content (AvgIpc) is 2.49. The van der Waals surface area contributed by atoms with Crippen LogP contribution in [0.1, 0.15) is 0 Å². The van der Waals surface area contributed by atoms with E-state index < -0.39 is 0 Å². The van der Waals surface area contributed by atoms with Gasteiger partial charge >= 0.3 is 0 Å². The molecule has 0 unspecified atom stereocenters. The monoisotopic (exact) mass is 253 g/mol. The molecule has 0 spiro atoms. The van der Waals surface area contributed by atoms with Crippen molar-refractivity contribution in [3.05, 3.63) is 48.5 Å². The molecule has 1 saturated heterocycles. The smallest absolute Gasteiger partial charge is 0.0367 e. The van der Waals surface area contributed by atoms with Crippen molar-refractivity contribution in [1.82, 2.24) is 5.32 Å². The maximum Gasteiger partial charge on any atom is 0.0367 e. The van der Waals surface area contributed by atoms with Crippen LogP contribution < -0.4 is 16.0 Å². The van der Waals surface area contributed by atoms with E-state index in [4.69, 9.17) is 5.73 Å². The van der Waals surface area contributed by atoms with E-state index in [-0.39, 0.29) is 0 Å². The summed E-state index contributed by atoms with van der Waals surface area (Å²) in [6.07, 6.45) is 0. The van der Waals surface area contributed by atoms with Crippen LogP contribution in [0.2, 0.25) is 0 Å². The molecule has 0 aliphatic carbocycles. The third kappa shape index (κ3) is 2.71. The summed E-state index contributed by atoms with van der Waals surface area (Å²) in [6, 6.07) is 16.8. The summed E-state index contributed by atoms with van der Waals surface area (Å²) in [5, 5.41) is 3.37. The lowest BCUT2D eigenvalue weighted by Crippen LogP contribution is -2.43. The minimum Gasteiger partial charge on any atom is -0.399 e. The fourth-order valence-corrected chi connectivity index (χ4v) is 2.46. The van der Waals surface area contributed by atoms with Crippen molar-refractivity contribution in [3.63, 3.8) is 0 Å². The number of piperazine rings is 1. The molecular weight excluding hydrogens is 234 g/mol. The lowest BCUT2D eigenvalue weighted by Gasteiger charge is -2.29. The highest BCUT2D eigenvalue weighted by Crippen LogP contribution is 2.24. The summed E-state index contributed by atoms with van der Waals surface area (Å²) < 4.78 is 0. The number of nitrogens with two attached hydrogens (primary N) is 1. The Morgan fingerprint density at radius 1 is 0.789 bits per heavy atom. The van der Waals surface area contributed by atoms with Gasteiger partial charge in [0.15, 0.2) is 0 Å². The normalized spacial score (nSPS) is 15.5. The third-order valence-electron chi connectivity index (χ3n) is 3.59. The van der Waals surface area contributed by atoms with Gasteiger partial charge in [-0.1, -0.05) is 24.3 Å². The van der Waals surface area contributed by atoms with Crippen molar-refractivity contribution >= 4 is 11.4 Å². The molecule has 2 aromatic carbocycles. The number of benzene rings is 2. The summed E-state index contributed by atoms with van der Waals surface area (Å²) in [5.74, 6) is 0. The largest absolute Gasteiger partial charge is 0.399 e. The van der Waals surface area contributed by atoms with E-state index in [1.165, 1.54) is 16.8 Å². The predicted octanol–water partition coefficient (Wildman–Crippen LogP) is 2.35. The van der Waals surface area contributed by atoms with Crippen molar-refractivity contribution in [2.75, 3.05) is 36.8 Å². The van der Waals surface area contributed by atoms with E-state index in [1.807, 2.05) is 12.1 Å². The van der Waals surface area contributed by atoms with Crippen molar-refractivity contribution in [2.24, 2.45) is 0 Å². The van der Waals surface area contributed by atoms with Crippen LogP contribution in [-0.4, -0.2) is 26.2 Å². The zero-order chi connectivity index (χ0) is 13.1. The van der Waals surface area contributed by atoms with Crippen LogP contribution in [-0.2, 0) is 0 Å². The Hall–Kier alpha value is -2.00. The average molecular weight is 253 g/mol. The first-order valence-corrected chi connectivity index (χ1v) is 6.74. The van der Waals surface area contributed by atoms with E-state index in [9.17, 15) is 0 Å². The topological polar surface area (TPSA) is 41.3 Å². The van der Waals surface area contributed by atoms with E-state index >= 15 is 0 Å². The quantitative estimate of drug-likeness (QED) is 0.807. The Labute approximate surface area is 114 Å². The summed E-state index contributed by atoms with van der Waals surface area (Å²) in [5.41, 5.74) is 10.3. The molecule has 98 valence electrons. The molecule has 19 heavy (non-hydrogen) atoms. The Kier molecular flexibility index (Phi) is 3.38. The SMILES string of the molecule is Nc1ccc(-c2ccc(N3CCNCC3)cc2)cc1. The summed E-state index contributed by atoms with van der Waals surface area (Å²) in [6.45, 7) is 4.31. The minimum absolute atomic E-state index is 0.807. The molecule has 3 nitrogen and oxygen atoms in total. The Morgan fingerprint density at radius 2 is 1.32 bits per heavy atom. The van der Waals surface area contributed by atoms with Gasteiger partial charge in [-0.25, -0.2) is 0 Å². The number of anilines is 2. The van der Waals surface area contributed by atoms with Gasteiger partial charge in [-0.15, -0.1) is 0 Å². The highest BCUT2D eigenvalue weighted by molar-refractivity contribution is 5.68. The molecule has 0 bridgehead atoms. The van der Waals surface area contributed by atoms with Crippen LogP contribution in [0, 0.1) is 0 Å². The fraction of sp³-hybridized carbons (Fsp3) is 0.250. The first-order chi connectivity index (χ1) is 9.33. The van der Waals surface area contributed by atoms with Gasteiger partial charge in [0.2, 0.25) is 0 Å². The van der Waals surface area contributed by atoms with E-state index in [0.717, 1.165) is 31.9 Å². The van der Waals surface area contributed by atoms with E-state index in [0.29, 0.717) is 0 Å². The summed E-state index contributed by atoms with van der Waals surface area (Å²) in [7, 11) is 0. The molecule has 0 atom stereocenters. The van der Waals surface area contributed by atoms with Crippen LogP contribution in [0.3, 0.4) is 0 Å². The molecule has 0 amide bonds. The maximum absolute atomic E-state index is 5.71. The zero-order valence-electron chi connectivity index (χ0n) is 11.0. The van der Waals surface area contributed by atoms with Gasteiger partial charge in [-0.3, -0.25) is 0 Å². The van der Waals surface area contributed by atoms with Crippen LogP contribution in [0.4, 0.5) is 11.4 Å². The molecular formula is C16H19N3. The number of hydrogen-bond acceptors (Lipinski definition) is 3. The molecule has 3 rings (SSSR count). The first kappa shape index (κ1) is 12.1. The predicted molar refractivity (Wildman–Crippen MR) is 81.4 cm³/mol. The number of hydrogen-bond donors (Lipinski definition) is 2. The Morgan fingerprint density at radius 3 is 1.89 bits per heavy atom. The Balaban J connectivity index is 1.80. The molecule has 3 N–H and O–H groups in total. The number of nitrogens with zero attached hydrogens (tertiary/aromatic N) is 1. The molecule has 0 aromatic heterocycles. The Bertz CT molecular complexity index is 525. The van der Waals surface area contributed by atoms with E-state index in [1.54, 1.807) is 0 Å². The van der Waals surface area contributed by atoms with Crippen molar-refractivity contribution < 1.29 is 0 Å². The van der Waals surface area contributed by atoms with Crippen LogP contribution in [0.25, 0.3) is 11.1 Å². The van der Waals surface area contributed by atoms with Crippen LogP contribution >= 0.6 is 0 Å². The van der Waals surface area contributed by atoms with Crippen molar-refractivity contribution in [1.29, 1.82) is 0 Å². The molecule has 1 aliphatic rings. The molecule has 1 heterocycles. The number of rotatable bonds is 2. The molecule has 1 fully saturated rings. The summed E-state index contributed by atoms with van der Waals surface area (Å²) >= 11 is 0. The zero-order valence-corrected chi connectivity index (χ0v) is 11.0. The molecule has 0 saturated carbocycles. The fourth-order valence-electron chi connectivity index (χ4n) is 2.46. The first-order valence-electron chi connectivity index (χ1n) is 6.74. The maximum atomic E-state index is 5.71. The van der Waals surface area contributed by atoms with Gasteiger partial charge in [-0.05, 0) is 35.4 Å². The summed E-state index contributed by atoms with van der Waals surface area (Å²) in [4.78, 5) is 2.42. The second-order valence-electron chi connectivity index (χ2n) is 4.91. The highest BCUT2D eigenvalue weighted by Gasteiger charge is 2.09.